The Kier molecular flexibility index (Phi) is 3.85. The first-order valence-electron chi connectivity index (χ1n) is 7.01. The molecule has 1 atom stereocenters. The van der Waals surface area contributed by atoms with Crippen LogP contribution >= 0.6 is 0 Å². The third-order valence-electron chi connectivity index (χ3n) is 3.58. The summed E-state index contributed by atoms with van der Waals surface area (Å²) in [6.07, 6.45) is 4.64. The third-order valence-corrected chi connectivity index (χ3v) is 3.58. The van der Waals surface area contributed by atoms with Crippen LogP contribution in [0.4, 0.5) is 9.59 Å². The molecule has 1 aromatic rings. The van der Waals surface area contributed by atoms with E-state index in [9.17, 15) is 9.59 Å². The van der Waals surface area contributed by atoms with Gasteiger partial charge < -0.3 is 15.0 Å². The average molecular weight is 291 g/mol. The Hall–Kier alpha value is -2.38. The number of aromatic nitrogens is 2. The summed E-state index contributed by atoms with van der Waals surface area (Å²) in [5.41, 5.74) is 0. The molecule has 3 rings (SSSR count). The van der Waals surface area contributed by atoms with Gasteiger partial charge in [-0.3, -0.25) is 0 Å². The quantitative estimate of drug-likeness (QED) is 0.855. The highest BCUT2D eigenvalue weighted by Crippen LogP contribution is 2.17. The fourth-order valence-corrected chi connectivity index (χ4v) is 2.55. The average Bonchev–Trinajstić information content (AvgIpc) is 2.94. The fraction of sp³-hybridized carbons (Fsp3) is 0.538. The normalized spacial score (nSPS) is 22.1. The van der Waals surface area contributed by atoms with Crippen molar-refractivity contribution in [3.63, 3.8) is 0 Å². The molecule has 2 aliphatic rings. The van der Waals surface area contributed by atoms with E-state index in [0.29, 0.717) is 32.1 Å². The maximum Gasteiger partial charge on any atom is 0.328 e. The second-order valence-corrected chi connectivity index (χ2v) is 5.04. The topological polar surface area (TPSA) is 87.7 Å². The summed E-state index contributed by atoms with van der Waals surface area (Å²) in [6.45, 7) is 2.05. The lowest BCUT2D eigenvalue weighted by atomic mass is 10.1. The van der Waals surface area contributed by atoms with Crippen LogP contribution in [-0.4, -0.2) is 64.1 Å². The molecular weight excluding hydrogens is 274 g/mol. The lowest BCUT2D eigenvalue weighted by Crippen LogP contribution is -2.50. The number of likely N-dealkylation sites (tertiary alicyclic amines) is 1. The number of ether oxygens (including phenoxy) is 1. The minimum absolute atomic E-state index is 0.108. The van der Waals surface area contributed by atoms with E-state index in [0.717, 1.165) is 12.8 Å². The van der Waals surface area contributed by atoms with Gasteiger partial charge >= 0.3 is 12.1 Å². The lowest BCUT2D eigenvalue weighted by Gasteiger charge is -2.34. The number of nitrogens with zero attached hydrogens (tertiary/aromatic N) is 4. The summed E-state index contributed by atoms with van der Waals surface area (Å²) >= 11 is 0. The van der Waals surface area contributed by atoms with Gasteiger partial charge in [0.15, 0.2) is 0 Å². The Bertz CT molecular complexity index is 524. The van der Waals surface area contributed by atoms with Gasteiger partial charge in [-0.1, -0.05) is 0 Å². The Balaban J connectivity index is 1.60. The summed E-state index contributed by atoms with van der Waals surface area (Å²) in [5, 5.41) is 2.63. The van der Waals surface area contributed by atoms with Crippen molar-refractivity contribution in [2.24, 2.45) is 0 Å². The van der Waals surface area contributed by atoms with E-state index in [1.165, 1.54) is 11.2 Å². The van der Waals surface area contributed by atoms with Crippen molar-refractivity contribution in [2.45, 2.75) is 18.9 Å². The van der Waals surface area contributed by atoms with Crippen LogP contribution in [0.15, 0.2) is 18.6 Å². The molecule has 4 amide bonds. The van der Waals surface area contributed by atoms with Gasteiger partial charge in [-0.05, 0) is 12.8 Å². The molecule has 0 aliphatic carbocycles. The van der Waals surface area contributed by atoms with Gasteiger partial charge in [0.2, 0.25) is 5.88 Å². The summed E-state index contributed by atoms with van der Waals surface area (Å²) in [5.74, 6) is 0.503. The van der Waals surface area contributed by atoms with Gasteiger partial charge in [0.05, 0.1) is 6.54 Å². The van der Waals surface area contributed by atoms with Crippen molar-refractivity contribution in [3.8, 4) is 5.88 Å². The molecule has 8 heteroatoms. The number of hydrogen-bond donors (Lipinski definition) is 1. The summed E-state index contributed by atoms with van der Waals surface area (Å²) in [7, 11) is 0. The molecule has 112 valence electrons. The number of imide groups is 1. The Morgan fingerprint density at radius 1 is 1.43 bits per heavy atom. The zero-order chi connectivity index (χ0) is 14.7. The van der Waals surface area contributed by atoms with Crippen LogP contribution in [0.3, 0.4) is 0 Å². The molecule has 2 saturated heterocycles. The van der Waals surface area contributed by atoms with Crippen molar-refractivity contribution >= 4 is 12.1 Å². The largest absolute Gasteiger partial charge is 0.472 e. The number of carbonyl (C=O) groups is 2. The molecule has 21 heavy (non-hydrogen) atoms. The Morgan fingerprint density at radius 3 is 3.05 bits per heavy atom. The van der Waals surface area contributed by atoms with E-state index in [4.69, 9.17) is 4.74 Å². The van der Waals surface area contributed by atoms with Crippen LogP contribution in [0.25, 0.3) is 0 Å². The van der Waals surface area contributed by atoms with Crippen LogP contribution in [0.1, 0.15) is 12.8 Å². The first-order valence-corrected chi connectivity index (χ1v) is 7.01. The second-order valence-electron chi connectivity index (χ2n) is 5.04. The van der Waals surface area contributed by atoms with Crippen molar-refractivity contribution in [1.29, 1.82) is 0 Å². The zero-order valence-electron chi connectivity index (χ0n) is 11.6. The van der Waals surface area contributed by atoms with E-state index >= 15 is 0 Å². The van der Waals surface area contributed by atoms with Crippen LogP contribution in [0.2, 0.25) is 0 Å². The fourth-order valence-electron chi connectivity index (χ4n) is 2.55. The highest BCUT2D eigenvalue weighted by atomic mass is 16.5. The highest BCUT2D eigenvalue weighted by Gasteiger charge is 2.33. The van der Waals surface area contributed by atoms with Crippen molar-refractivity contribution < 1.29 is 14.3 Å². The molecule has 0 spiro atoms. The number of urea groups is 2. The minimum atomic E-state index is -0.321. The molecule has 0 bridgehead atoms. The summed E-state index contributed by atoms with van der Waals surface area (Å²) < 4.78 is 5.76. The van der Waals surface area contributed by atoms with E-state index in [1.54, 1.807) is 17.2 Å². The maximum atomic E-state index is 12.3. The van der Waals surface area contributed by atoms with E-state index in [-0.39, 0.29) is 18.2 Å². The first kappa shape index (κ1) is 13.6. The number of rotatable bonds is 2. The summed E-state index contributed by atoms with van der Waals surface area (Å²) in [4.78, 5) is 34.6. The molecule has 0 saturated carbocycles. The molecule has 8 nitrogen and oxygen atoms in total. The molecular formula is C13H17N5O3. The van der Waals surface area contributed by atoms with Gasteiger partial charge in [0.25, 0.3) is 0 Å². The predicted molar refractivity (Wildman–Crippen MR) is 72.8 cm³/mol. The molecule has 2 fully saturated rings. The number of carbonyl (C=O) groups excluding carboxylic acids is 2. The van der Waals surface area contributed by atoms with E-state index < -0.39 is 0 Å². The smallest absolute Gasteiger partial charge is 0.328 e. The SMILES string of the molecule is O=C1NCCN1C(=O)N1CCC[C@H](Oc2ccncn2)C1. The monoisotopic (exact) mass is 291 g/mol. The third kappa shape index (κ3) is 3.04. The van der Waals surface area contributed by atoms with Gasteiger partial charge in [0, 0.05) is 31.9 Å². The first-order chi connectivity index (χ1) is 10.2. The second kappa shape index (κ2) is 5.94. The standard InChI is InChI=1S/C13H17N5O3/c19-12-15-5-7-18(12)13(20)17-6-1-2-10(8-17)21-11-3-4-14-9-16-11/h3-4,9-10H,1-2,5-8H2,(H,15,19)/t10-/m0/s1. The molecule has 0 unspecified atom stereocenters. The molecule has 0 radical (unpaired) electrons. The van der Waals surface area contributed by atoms with Crippen molar-refractivity contribution in [3.05, 3.63) is 18.6 Å². The van der Waals surface area contributed by atoms with E-state index in [2.05, 4.69) is 15.3 Å². The van der Waals surface area contributed by atoms with Gasteiger partial charge in [-0.15, -0.1) is 0 Å². The number of nitrogens with one attached hydrogen (secondary N) is 1. The Labute approximate surface area is 122 Å². The van der Waals surface area contributed by atoms with Gasteiger partial charge in [-0.25, -0.2) is 24.5 Å². The maximum absolute atomic E-state index is 12.3. The van der Waals surface area contributed by atoms with Crippen molar-refractivity contribution in [2.75, 3.05) is 26.2 Å². The van der Waals surface area contributed by atoms with Crippen LogP contribution < -0.4 is 10.1 Å². The molecule has 0 aromatic carbocycles. The number of amides is 4. The van der Waals surface area contributed by atoms with Gasteiger partial charge in [-0.2, -0.15) is 0 Å². The van der Waals surface area contributed by atoms with Crippen LogP contribution in [0.5, 0.6) is 5.88 Å². The number of hydrogen-bond acceptors (Lipinski definition) is 5. The van der Waals surface area contributed by atoms with E-state index in [1.807, 2.05) is 0 Å². The lowest BCUT2D eigenvalue weighted by molar-refractivity contribution is 0.0881. The zero-order valence-corrected chi connectivity index (χ0v) is 11.6. The molecule has 2 aliphatic heterocycles. The molecule has 1 aromatic heterocycles. The van der Waals surface area contributed by atoms with Gasteiger partial charge in [0.1, 0.15) is 12.4 Å². The van der Waals surface area contributed by atoms with Crippen LogP contribution in [0, 0.1) is 0 Å². The van der Waals surface area contributed by atoms with Crippen molar-refractivity contribution in [1.82, 2.24) is 25.1 Å². The molecule has 3 heterocycles. The number of piperidine rings is 1. The van der Waals surface area contributed by atoms with Crippen LogP contribution in [-0.2, 0) is 0 Å². The highest BCUT2D eigenvalue weighted by molar-refractivity contribution is 5.95. The summed E-state index contributed by atoms with van der Waals surface area (Å²) in [6, 6.07) is 1.12. The molecule has 1 N–H and O–H groups in total. The minimum Gasteiger partial charge on any atom is -0.472 e. The predicted octanol–water partition coefficient (Wildman–Crippen LogP) is 0.465. The Morgan fingerprint density at radius 2 is 2.33 bits per heavy atom.